The molecule has 0 saturated carbocycles. The van der Waals surface area contributed by atoms with Gasteiger partial charge in [0, 0.05) is 6.07 Å². The SMILES string of the molecule is CCCC(C)(Nc1cc(OCC)ncn1)C(=O)O. The van der Waals surface area contributed by atoms with Gasteiger partial charge in [0.1, 0.15) is 17.7 Å². The van der Waals surface area contributed by atoms with E-state index < -0.39 is 11.5 Å². The molecule has 0 saturated heterocycles. The molecular weight excluding hydrogens is 234 g/mol. The van der Waals surface area contributed by atoms with Crippen LogP contribution in [0.1, 0.15) is 33.6 Å². The van der Waals surface area contributed by atoms with Gasteiger partial charge in [-0.25, -0.2) is 14.8 Å². The molecule has 2 N–H and O–H groups in total. The van der Waals surface area contributed by atoms with E-state index in [1.165, 1.54) is 6.33 Å². The predicted octanol–water partition coefficient (Wildman–Crippen LogP) is 1.93. The summed E-state index contributed by atoms with van der Waals surface area (Å²) < 4.78 is 5.24. The molecule has 0 aliphatic carbocycles. The fraction of sp³-hybridized carbons (Fsp3) is 0.583. The molecule has 6 heteroatoms. The Balaban J connectivity index is 2.87. The average Bonchev–Trinajstić information content (AvgIpc) is 2.30. The van der Waals surface area contributed by atoms with Crippen molar-refractivity contribution < 1.29 is 14.6 Å². The van der Waals surface area contributed by atoms with Crippen LogP contribution < -0.4 is 10.1 Å². The van der Waals surface area contributed by atoms with Crippen molar-refractivity contribution in [1.82, 2.24) is 9.97 Å². The molecule has 0 aliphatic heterocycles. The number of aromatic nitrogens is 2. The maximum absolute atomic E-state index is 11.3. The first kappa shape index (κ1) is 14.2. The maximum Gasteiger partial charge on any atom is 0.329 e. The van der Waals surface area contributed by atoms with Crippen LogP contribution in [0.25, 0.3) is 0 Å². The third-order valence-electron chi connectivity index (χ3n) is 2.56. The Morgan fingerprint density at radius 2 is 2.22 bits per heavy atom. The summed E-state index contributed by atoms with van der Waals surface area (Å²) in [4.78, 5) is 19.2. The summed E-state index contributed by atoms with van der Waals surface area (Å²) in [5, 5.41) is 12.2. The molecule has 1 aromatic heterocycles. The van der Waals surface area contributed by atoms with E-state index in [0.29, 0.717) is 24.7 Å². The lowest BCUT2D eigenvalue weighted by Gasteiger charge is -2.26. The molecule has 18 heavy (non-hydrogen) atoms. The first-order chi connectivity index (χ1) is 8.51. The van der Waals surface area contributed by atoms with Crippen molar-refractivity contribution >= 4 is 11.8 Å². The second-order valence-electron chi connectivity index (χ2n) is 4.19. The molecular formula is C12H19N3O3. The van der Waals surface area contributed by atoms with Gasteiger partial charge < -0.3 is 15.2 Å². The lowest BCUT2D eigenvalue weighted by molar-refractivity contribution is -0.142. The van der Waals surface area contributed by atoms with E-state index in [4.69, 9.17) is 4.74 Å². The van der Waals surface area contributed by atoms with Gasteiger partial charge in [0.25, 0.3) is 0 Å². The van der Waals surface area contributed by atoms with Crippen LogP contribution in [0.2, 0.25) is 0 Å². The minimum atomic E-state index is -1.04. The third kappa shape index (κ3) is 3.58. The summed E-state index contributed by atoms with van der Waals surface area (Å²) in [7, 11) is 0. The van der Waals surface area contributed by atoms with Crippen molar-refractivity contribution in [3.8, 4) is 5.88 Å². The number of hydrogen-bond acceptors (Lipinski definition) is 5. The summed E-state index contributed by atoms with van der Waals surface area (Å²) in [6.07, 6.45) is 2.62. The highest BCUT2D eigenvalue weighted by molar-refractivity contribution is 5.81. The van der Waals surface area contributed by atoms with Crippen LogP contribution in [0, 0.1) is 0 Å². The molecule has 0 amide bonds. The number of rotatable bonds is 7. The van der Waals surface area contributed by atoms with Crippen molar-refractivity contribution in [2.24, 2.45) is 0 Å². The van der Waals surface area contributed by atoms with Crippen LogP contribution in [0.5, 0.6) is 5.88 Å². The van der Waals surface area contributed by atoms with E-state index in [2.05, 4.69) is 15.3 Å². The van der Waals surface area contributed by atoms with Crippen LogP contribution in [0.15, 0.2) is 12.4 Å². The monoisotopic (exact) mass is 253 g/mol. The standard InChI is InChI=1S/C12H19N3O3/c1-4-6-12(3,11(16)17)15-9-7-10(18-5-2)14-8-13-9/h7-8H,4-6H2,1-3H3,(H,16,17)(H,13,14,15). The highest BCUT2D eigenvalue weighted by atomic mass is 16.5. The molecule has 6 nitrogen and oxygen atoms in total. The molecule has 0 radical (unpaired) electrons. The quantitative estimate of drug-likeness (QED) is 0.772. The fourth-order valence-corrected chi connectivity index (χ4v) is 1.64. The molecule has 1 heterocycles. The maximum atomic E-state index is 11.3. The molecule has 1 unspecified atom stereocenters. The number of carbonyl (C=O) groups is 1. The predicted molar refractivity (Wildman–Crippen MR) is 67.8 cm³/mol. The molecule has 0 aromatic carbocycles. The topological polar surface area (TPSA) is 84.3 Å². The van der Waals surface area contributed by atoms with Gasteiger partial charge in [0.2, 0.25) is 5.88 Å². The van der Waals surface area contributed by atoms with E-state index >= 15 is 0 Å². The van der Waals surface area contributed by atoms with E-state index in [1.54, 1.807) is 13.0 Å². The van der Waals surface area contributed by atoms with Gasteiger partial charge in [0.05, 0.1) is 6.61 Å². The van der Waals surface area contributed by atoms with E-state index in [1.807, 2.05) is 13.8 Å². The van der Waals surface area contributed by atoms with Crippen LogP contribution in [0.4, 0.5) is 5.82 Å². The normalized spacial score (nSPS) is 13.7. The Labute approximate surface area is 106 Å². The second-order valence-corrected chi connectivity index (χ2v) is 4.19. The van der Waals surface area contributed by atoms with Gasteiger partial charge in [-0.2, -0.15) is 0 Å². The Bertz CT molecular complexity index is 411. The first-order valence-electron chi connectivity index (χ1n) is 5.98. The molecule has 0 bridgehead atoms. The Morgan fingerprint density at radius 1 is 1.50 bits per heavy atom. The zero-order valence-electron chi connectivity index (χ0n) is 10.9. The van der Waals surface area contributed by atoms with Crippen molar-refractivity contribution in [1.29, 1.82) is 0 Å². The molecule has 1 aromatic rings. The summed E-state index contributed by atoms with van der Waals surface area (Å²) in [6, 6.07) is 1.60. The van der Waals surface area contributed by atoms with Crippen molar-refractivity contribution in [3.63, 3.8) is 0 Å². The molecule has 100 valence electrons. The smallest absolute Gasteiger partial charge is 0.329 e. The highest BCUT2D eigenvalue weighted by Crippen LogP contribution is 2.20. The van der Waals surface area contributed by atoms with Crippen LogP contribution in [-0.2, 0) is 4.79 Å². The first-order valence-corrected chi connectivity index (χ1v) is 5.98. The summed E-state index contributed by atoms with van der Waals surface area (Å²) in [5.41, 5.74) is -1.04. The van der Waals surface area contributed by atoms with Gasteiger partial charge in [0.15, 0.2) is 0 Å². The Kier molecular flexibility index (Phi) is 4.88. The largest absolute Gasteiger partial charge is 0.480 e. The molecule has 1 atom stereocenters. The summed E-state index contributed by atoms with van der Waals surface area (Å²) in [6.45, 7) is 5.94. The van der Waals surface area contributed by atoms with Gasteiger partial charge in [-0.15, -0.1) is 0 Å². The second kappa shape index (κ2) is 6.18. The van der Waals surface area contributed by atoms with Gasteiger partial charge >= 0.3 is 5.97 Å². The number of nitrogens with zero attached hydrogens (tertiary/aromatic N) is 2. The van der Waals surface area contributed by atoms with Crippen LogP contribution >= 0.6 is 0 Å². The number of aliphatic carboxylic acids is 1. The third-order valence-corrected chi connectivity index (χ3v) is 2.56. The lowest BCUT2D eigenvalue weighted by Crippen LogP contribution is -2.43. The average molecular weight is 253 g/mol. The number of nitrogens with one attached hydrogen (secondary N) is 1. The van der Waals surface area contributed by atoms with E-state index in [-0.39, 0.29) is 0 Å². The molecule has 0 spiro atoms. The zero-order valence-corrected chi connectivity index (χ0v) is 10.9. The minimum Gasteiger partial charge on any atom is -0.480 e. The number of carboxylic acid groups (broad SMARTS) is 1. The number of anilines is 1. The van der Waals surface area contributed by atoms with Crippen LogP contribution in [0.3, 0.4) is 0 Å². The number of carboxylic acids is 1. The molecule has 1 rings (SSSR count). The van der Waals surface area contributed by atoms with Gasteiger partial charge in [-0.3, -0.25) is 0 Å². The minimum absolute atomic E-state index is 0.430. The van der Waals surface area contributed by atoms with E-state index in [9.17, 15) is 9.90 Å². The summed E-state index contributed by atoms with van der Waals surface area (Å²) >= 11 is 0. The number of ether oxygens (including phenoxy) is 1. The van der Waals surface area contributed by atoms with Gasteiger partial charge in [-0.1, -0.05) is 13.3 Å². The summed E-state index contributed by atoms with van der Waals surface area (Å²) in [5.74, 6) is -0.0213. The van der Waals surface area contributed by atoms with Crippen molar-refractivity contribution in [2.75, 3.05) is 11.9 Å². The molecule has 0 aliphatic rings. The molecule has 0 fully saturated rings. The highest BCUT2D eigenvalue weighted by Gasteiger charge is 2.32. The van der Waals surface area contributed by atoms with Crippen molar-refractivity contribution in [3.05, 3.63) is 12.4 Å². The number of hydrogen-bond donors (Lipinski definition) is 2. The zero-order chi connectivity index (χ0) is 13.6. The van der Waals surface area contributed by atoms with Gasteiger partial charge in [-0.05, 0) is 20.3 Å². The van der Waals surface area contributed by atoms with Crippen LogP contribution in [-0.4, -0.2) is 33.2 Å². The van der Waals surface area contributed by atoms with E-state index in [0.717, 1.165) is 6.42 Å². The Hall–Kier alpha value is -1.85. The van der Waals surface area contributed by atoms with Crippen molar-refractivity contribution in [2.45, 2.75) is 39.2 Å². The lowest BCUT2D eigenvalue weighted by atomic mass is 9.96. The Morgan fingerprint density at radius 3 is 2.78 bits per heavy atom. The fourth-order valence-electron chi connectivity index (χ4n) is 1.64.